The molecule has 0 aliphatic rings. The summed E-state index contributed by atoms with van der Waals surface area (Å²) in [5, 5.41) is 9.67. The summed E-state index contributed by atoms with van der Waals surface area (Å²) >= 11 is 5.76. The zero-order valence-electron chi connectivity index (χ0n) is 12.9. The van der Waals surface area contributed by atoms with E-state index in [0.29, 0.717) is 23.9 Å². The standard InChI is InChI=1S/C20H15ClN2O/c21-20-10-7-16(12-23-20)14-24-13-15-5-8-17(9-6-15)19-4-2-1-3-18(19)11-22/h1-10,12H,13-14H2. The van der Waals surface area contributed by atoms with Crippen LogP contribution in [-0.2, 0) is 18.0 Å². The topological polar surface area (TPSA) is 45.9 Å². The number of nitriles is 1. The van der Waals surface area contributed by atoms with Gasteiger partial charge in [-0.25, -0.2) is 4.98 Å². The van der Waals surface area contributed by atoms with Crippen LogP contribution >= 0.6 is 11.6 Å². The van der Waals surface area contributed by atoms with Gasteiger partial charge in [-0.1, -0.05) is 60.1 Å². The molecule has 0 N–H and O–H groups in total. The largest absolute Gasteiger partial charge is 0.372 e. The molecule has 118 valence electrons. The van der Waals surface area contributed by atoms with Gasteiger partial charge < -0.3 is 4.74 Å². The Morgan fingerprint density at radius 1 is 0.917 bits per heavy atom. The Balaban J connectivity index is 1.62. The van der Waals surface area contributed by atoms with Crippen LogP contribution in [0.3, 0.4) is 0 Å². The van der Waals surface area contributed by atoms with E-state index in [9.17, 15) is 5.26 Å². The molecule has 3 aromatic rings. The van der Waals surface area contributed by atoms with Crippen LogP contribution in [-0.4, -0.2) is 4.98 Å². The lowest BCUT2D eigenvalue weighted by atomic mass is 9.99. The van der Waals surface area contributed by atoms with E-state index in [1.54, 1.807) is 12.3 Å². The van der Waals surface area contributed by atoms with Crippen molar-refractivity contribution in [2.75, 3.05) is 0 Å². The van der Waals surface area contributed by atoms with Gasteiger partial charge in [-0.3, -0.25) is 0 Å². The maximum atomic E-state index is 9.19. The number of hydrogen-bond acceptors (Lipinski definition) is 3. The third-order valence-corrected chi connectivity index (χ3v) is 3.86. The minimum atomic E-state index is 0.479. The first-order valence-electron chi connectivity index (χ1n) is 7.53. The summed E-state index contributed by atoms with van der Waals surface area (Å²) in [7, 11) is 0. The summed E-state index contributed by atoms with van der Waals surface area (Å²) in [5.41, 5.74) is 4.71. The van der Waals surface area contributed by atoms with Gasteiger partial charge in [-0.15, -0.1) is 0 Å². The molecule has 0 fully saturated rings. The Labute approximate surface area is 146 Å². The van der Waals surface area contributed by atoms with Crippen LogP contribution in [0.25, 0.3) is 11.1 Å². The number of hydrogen-bond donors (Lipinski definition) is 0. The number of aromatic nitrogens is 1. The summed E-state index contributed by atoms with van der Waals surface area (Å²) in [6, 6.07) is 21.5. The summed E-state index contributed by atoms with van der Waals surface area (Å²) < 4.78 is 5.70. The Bertz CT molecular complexity index is 852. The van der Waals surface area contributed by atoms with Gasteiger partial charge in [-0.2, -0.15) is 5.26 Å². The van der Waals surface area contributed by atoms with Gasteiger partial charge in [0.25, 0.3) is 0 Å². The smallest absolute Gasteiger partial charge is 0.129 e. The van der Waals surface area contributed by atoms with Crippen LogP contribution in [0.4, 0.5) is 0 Å². The van der Waals surface area contributed by atoms with E-state index < -0.39 is 0 Å². The number of pyridine rings is 1. The van der Waals surface area contributed by atoms with Crippen LogP contribution in [0.1, 0.15) is 16.7 Å². The molecule has 3 rings (SSSR count). The number of rotatable bonds is 5. The van der Waals surface area contributed by atoms with Crippen molar-refractivity contribution >= 4 is 11.6 Å². The third-order valence-electron chi connectivity index (χ3n) is 3.64. The van der Waals surface area contributed by atoms with Crippen LogP contribution in [0.15, 0.2) is 66.9 Å². The molecule has 0 saturated heterocycles. The van der Waals surface area contributed by atoms with E-state index in [1.165, 1.54) is 0 Å². The van der Waals surface area contributed by atoms with E-state index >= 15 is 0 Å². The van der Waals surface area contributed by atoms with Crippen molar-refractivity contribution in [2.24, 2.45) is 0 Å². The fraction of sp³-hybridized carbons (Fsp3) is 0.100. The average molecular weight is 335 g/mol. The number of nitrogens with zero attached hydrogens (tertiary/aromatic N) is 2. The lowest BCUT2D eigenvalue weighted by molar-refractivity contribution is 0.107. The molecule has 1 heterocycles. The molecular formula is C20H15ClN2O. The fourth-order valence-electron chi connectivity index (χ4n) is 2.39. The Kier molecular flexibility index (Phi) is 5.22. The Morgan fingerprint density at radius 2 is 1.62 bits per heavy atom. The van der Waals surface area contributed by atoms with Gasteiger partial charge >= 0.3 is 0 Å². The van der Waals surface area contributed by atoms with E-state index in [4.69, 9.17) is 16.3 Å². The van der Waals surface area contributed by atoms with Gasteiger partial charge in [0.15, 0.2) is 0 Å². The van der Waals surface area contributed by atoms with Crippen molar-refractivity contribution in [1.82, 2.24) is 4.98 Å². The van der Waals surface area contributed by atoms with Gasteiger partial charge in [0, 0.05) is 6.20 Å². The molecule has 1 aromatic heterocycles. The second kappa shape index (κ2) is 7.74. The molecule has 0 unspecified atom stereocenters. The van der Waals surface area contributed by atoms with Crippen LogP contribution in [0.5, 0.6) is 0 Å². The van der Waals surface area contributed by atoms with E-state index in [1.807, 2.05) is 54.6 Å². The van der Waals surface area contributed by atoms with Gasteiger partial charge in [0.2, 0.25) is 0 Å². The maximum absolute atomic E-state index is 9.19. The fourth-order valence-corrected chi connectivity index (χ4v) is 2.50. The second-order valence-electron chi connectivity index (χ2n) is 5.34. The molecule has 3 nitrogen and oxygen atoms in total. The lowest BCUT2D eigenvalue weighted by Gasteiger charge is -2.07. The van der Waals surface area contributed by atoms with Crippen LogP contribution in [0, 0.1) is 11.3 Å². The normalized spacial score (nSPS) is 10.3. The van der Waals surface area contributed by atoms with Crippen LogP contribution < -0.4 is 0 Å². The monoisotopic (exact) mass is 334 g/mol. The zero-order chi connectivity index (χ0) is 16.8. The second-order valence-corrected chi connectivity index (χ2v) is 5.72. The predicted molar refractivity (Wildman–Crippen MR) is 94.3 cm³/mol. The average Bonchev–Trinajstić information content (AvgIpc) is 2.64. The summed E-state index contributed by atoms with van der Waals surface area (Å²) in [6.45, 7) is 1.01. The molecule has 0 amide bonds. The van der Waals surface area contributed by atoms with Crippen molar-refractivity contribution in [2.45, 2.75) is 13.2 Å². The molecule has 0 spiro atoms. The molecule has 4 heteroatoms. The van der Waals surface area contributed by atoms with E-state index in [-0.39, 0.29) is 0 Å². The van der Waals surface area contributed by atoms with Crippen molar-refractivity contribution in [3.05, 3.63) is 88.7 Å². The molecule has 0 atom stereocenters. The van der Waals surface area contributed by atoms with E-state index in [0.717, 1.165) is 22.3 Å². The third kappa shape index (κ3) is 3.99. The van der Waals surface area contributed by atoms with E-state index in [2.05, 4.69) is 11.1 Å². The number of benzene rings is 2. The molecular weight excluding hydrogens is 320 g/mol. The van der Waals surface area contributed by atoms with Crippen molar-refractivity contribution in [3.63, 3.8) is 0 Å². The summed E-state index contributed by atoms with van der Waals surface area (Å²) in [4.78, 5) is 4.03. The maximum Gasteiger partial charge on any atom is 0.129 e. The molecule has 0 aliphatic heterocycles. The predicted octanol–water partition coefficient (Wildman–Crippen LogP) is 4.99. The highest BCUT2D eigenvalue weighted by Crippen LogP contribution is 2.23. The Morgan fingerprint density at radius 3 is 2.33 bits per heavy atom. The van der Waals surface area contributed by atoms with Crippen molar-refractivity contribution in [3.8, 4) is 17.2 Å². The zero-order valence-corrected chi connectivity index (χ0v) is 13.7. The van der Waals surface area contributed by atoms with Gasteiger partial charge in [-0.05, 0) is 34.4 Å². The van der Waals surface area contributed by atoms with Crippen LogP contribution in [0.2, 0.25) is 5.15 Å². The quantitative estimate of drug-likeness (QED) is 0.617. The first kappa shape index (κ1) is 16.2. The first-order valence-corrected chi connectivity index (χ1v) is 7.90. The SMILES string of the molecule is N#Cc1ccccc1-c1ccc(COCc2ccc(Cl)nc2)cc1. The summed E-state index contributed by atoms with van der Waals surface area (Å²) in [6.07, 6.45) is 1.71. The minimum absolute atomic E-state index is 0.479. The Hall–Kier alpha value is -2.67. The molecule has 0 aliphatic carbocycles. The van der Waals surface area contributed by atoms with Crippen molar-refractivity contribution in [1.29, 1.82) is 5.26 Å². The highest BCUT2D eigenvalue weighted by molar-refractivity contribution is 6.29. The minimum Gasteiger partial charge on any atom is -0.372 e. The number of ether oxygens (including phenoxy) is 1. The van der Waals surface area contributed by atoms with Gasteiger partial charge in [0.1, 0.15) is 5.15 Å². The number of halogens is 1. The molecule has 2 aromatic carbocycles. The highest BCUT2D eigenvalue weighted by atomic mass is 35.5. The molecule has 0 saturated carbocycles. The highest BCUT2D eigenvalue weighted by Gasteiger charge is 2.04. The molecule has 0 bridgehead atoms. The van der Waals surface area contributed by atoms with Crippen molar-refractivity contribution < 1.29 is 4.74 Å². The van der Waals surface area contributed by atoms with Gasteiger partial charge in [0.05, 0.1) is 24.8 Å². The molecule has 24 heavy (non-hydrogen) atoms. The molecule has 0 radical (unpaired) electrons. The summed E-state index contributed by atoms with van der Waals surface area (Å²) in [5.74, 6) is 0. The first-order chi connectivity index (χ1) is 11.8. The lowest BCUT2D eigenvalue weighted by Crippen LogP contribution is -1.95.